The van der Waals surface area contributed by atoms with Gasteiger partial charge < -0.3 is 15.2 Å². The molecule has 3 atom stereocenters. The summed E-state index contributed by atoms with van der Waals surface area (Å²) in [4.78, 5) is 12.3. The lowest BCUT2D eigenvalue weighted by atomic mass is 9.96. The summed E-state index contributed by atoms with van der Waals surface area (Å²) in [6.45, 7) is 7.94. The maximum atomic E-state index is 12.3. The molecular weight excluding hydrogens is 254 g/mol. The van der Waals surface area contributed by atoms with Crippen molar-refractivity contribution in [3.8, 4) is 5.75 Å². The third kappa shape index (κ3) is 2.80. The average molecular weight is 277 g/mol. The maximum absolute atomic E-state index is 12.3. The summed E-state index contributed by atoms with van der Waals surface area (Å²) in [5.74, 6) is 0.773. The number of carbonyl (C=O) groups is 1. The van der Waals surface area contributed by atoms with Crippen molar-refractivity contribution < 1.29 is 14.6 Å². The Kier molecular flexibility index (Phi) is 4.04. The summed E-state index contributed by atoms with van der Waals surface area (Å²) in [5.41, 5.74) is 0.743. The van der Waals surface area contributed by atoms with Crippen LogP contribution in [0.2, 0.25) is 0 Å². The van der Waals surface area contributed by atoms with Gasteiger partial charge in [-0.05, 0) is 26.3 Å². The van der Waals surface area contributed by atoms with Gasteiger partial charge in [0.2, 0.25) is 0 Å². The molecule has 0 fully saturated rings. The van der Waals surface area contributed by atoms with Crippen LogP contribution in [0.1, 0.15) is 56.0 Å². The number of para-hydroxylation sites is 1. The van der Waals surface area contributed by atoms with Gasteiger partial charge >= 0.3 is 0 Å². The highest BCUT2D eigenvalue weighted by atomic mass is 16.5. The minimum atomic E-state index is -0.880. The lowest BCUT2D eigenvalue weighted by Gasteiger charge is -2.21. The minimum absolute atomic E-state index is 0.0812. The van der Waals surface area contributed by atoms with Gasteiger partial charge in [-0.3, -0.25) is 4.79 Å². The van der Waals surface area contributed by atoms with Crippen LogP contribution in [0.5, 0.6) is 5.75 Å². The zero-order valence-corrected chi connectivity index (χ0v) is 12.6. The molecule has 0 radical (unpaired) electrons. The first-order chi connectivity index (χ1) is 9.35. The van der Waals surface area contributed by atoms with E-state index in [1.807, 2.05) is 26.0 Å². The van der Waals surface area contributed by atoms with Crippen molar-refractivity contribution in [2.24, 2.45) is 0 Å². The first kappa shape index (κ1) is 14.9. The van der Waals surface area contributed by atoms with E-state index in [0.717, 1.165) is 5.56 Å². The Morgan fingerprint density at radius 1 is 1.45 bits per heavy atom. The molecule has 2 N–H and O–H groups in total. The van der Waals surface area contributed by atoms with Gasteiger partial charge in [0.1, 0.15) is 11.9 Å². The fourth-order valence-electron chi connectivity index (χ4n) is 2.26. The van der Waals surface area contributed by atoms with Gasteiger partial charge in [-0.2, -0.15) is 0 Å². The number of benzene rings is 1. The van der Waals surface area contributed by atoms with Crippen molar-refractivity contribution in [1.82, 2.24) is 5.32 Å². The lowest BCUT2D eigenvalue weighted by molar-refractivity contribution is 0.0517. The van der Waals surface area contributed by atoms with Gasteiger partial charge in [-0.1, -0.05) is 26.0 Å². The standard InChI is InChI=1S/C16H23NO3/c1-5-16(4,19)9-17-15(18)13-8-6-7-12-10(2)11(3)20-14(12)13/h6-8,10-11,19H,5,9H2,1-4H3,(H,17,18). The van der Waals surface area contributed by atoms with Crippen molar-refractivity contribution in [2.75, 3.05) is 6.54 Å². The van der Waals surface area contributed by atoms with Crippen LogP contribution in [-0.4, -0.2) is 29.3 Å². The highest BCUT2D eigenvalue weighted by molar-refractivity contribution is 5.97. The number of nitrogens with one attached hydrogen (secondary N) is 1. The van der Waals surface area contributed by atoms with Gasteiger partial charge in [0.15, 0.2) is 0 Å². The number of amides is 1. The molecular formula is C16H23NO3. The second-order valence-corrected chi connectivity index (χ2v) is 5.87. The van der Waals surface area contributed by atoms with E-state index in [1.165, 1.54) is 0 Å². The predicted molar refractivity (Wildman–Crippen MR) is 78.2 cm³/mol. The van der Waals surface area contributed by atoms with Crippen LogP contribution < -0.4 is 10.1 Å². The molecule has 0 saturated carbocycles. The molecule has 1 heterocycles. The molecule has 1 aromatic rings. The Labute approximate surface area is 120 Å². The molecule has 4 heteroatoms. The number of ether oxygens (including phenoxy) is 1. The zero-order valence-electron chi connectivity index (χ0n) is 12.6. The topological polar surface area (TPSA) is 58.6 Å². The van der Waals surface area contributed by atoms with E-state index in [1.54, 1.807) is 13.0 Å². The van der Waals surface area contributed by atoms with E-state index in [9.17, 15) is 9.90 Å². The quantitative estimate of drug-likeness (QED) is 0.889. The van der Waals surface area contributed by atoms with E-state index in [4.69, 9.17) is 4.74 Å². The van der Waals surface area contributed by atoms with Crippen LogP contribution in [0.25, 0.3) is 0 Å². The van der Waals surface area contributed by atoms with Gasteiger partial charge in [0.25, 0.3) is 5.91 Å². The second kappa shape index (κ2) is 5.44. The summed E-state index contributed by atoms with van der Waals surface area (Å²) in [6.07, 6.45) is 0.669. The Hall–Kier alpha value is -1.55. The normalized spacial score (nSPS) is 23.6. The van der Waals surface area contributed by atoms with Gasteiger partial charge in [0.05, 0.1) is 11.2 Å². The molecule has 3 unspecified atom stereocenters. The van der Waals surface area contributed by atoms with Crippen LogP contribution in [0.3, 0.4) is 0 Å². The molecule has 110 valence electrons. The molecule has 1 aliphatic rings. The van der Waals surface area contributed by atoms with E-state index in [2.05, 4.69) is 12.2 Å². The van der Waals surface area contributed by atoms with E-state index in [-0.39, 0.29) is 24.5 Å². The zero-order chi connectivity index (χ0) is 14.9. The number of aliphatic hydroxyl groups is 1. The van der Waals surface area contributed by atoms with E-state index < -0.39 is 5.60 Å². The largest absolute Gasteiger partial charge is 0.489 e. The van der Waals surface area contributed by atoms with Gasteiger partial charge in [-0.25, -0.2) is 0 Å². The number of hydrogen-bond donors (Lipinski definition) is 2. The Bertz CT molecular complexity index is 510. The smallest absolute Gasteiger partial charge is 0.255 e. The first-order valence-corrected chi connectivity index (χ1v) is 7.16. The Morgan fingerprint density at radius 2 is 2.15 bits per heavy atom. The third-order valence-corrected chi connectivity index (χ3v) is 4.18. The lowest BCUT2D eigenvalue weighted by Crippen LogP contribution is -2.40. The monoisotopic (exact) mass is 277 g/mol. The molecule has 0 spiro atoms. The number of hydrogen-bond acceptors (Lipinski definition) is 3. The molecule has 0 saturated heterocycles. The summed E-state index contributed by atoms with van der Waals surface area (Å²) in [5, 5.41) is 12.7. The van der Waals surface area contributed by atoms with Crippen LogP contribution in [0.4, 0.5) is 0 Å². The fourth-order valence-corrected chi connectivity index (χ4v) is 2.26. The van der Waals surface area contributed by atoms with Crippen LogP contribution in [0, 0.1) is 0 Å². The maximum Gasteiger partial charge on any atom is 0.255 e. The molecule has 0 aromatic heterocycles. The molecule has 2 rings (SSSR count). The molecule has 0 aliphatic carbocycles. The molecule has 0 bridgehead atoms. The van der Waals surface area contributed by atoms with E-state index >= 15 is 0 Å². The Morgan fingerprint density at radius 3 is 2.80 bits per heavy atom. The van der Waals surface area contributed by atoms with Crippen molar-refractivity contribution >= 4 is 5.91 Å². The fraction of sp³-hybridized carbons (Fsp3) is 0.562. The molecule has 1 amide bonds. The van der Waals surface area contributed by atoms with Crippen molar-refractivity contribution in [3.05, 3.63) is 29.3 Å². The van der Waals surface area contributed by atoms with E-state index in [0.29, 0.717) is 17.7 Å². The molecule has 1 aromatic carbocycles. The minimum Gasteiger partial charge on any atom is -0.489 e. The average Bonchev–Trinajstić information content (AvgIpc) is 2.72. The first-order valence-electron chi connectivity index (χ1n) is 7.16. The summed E-state index contributed by atoms with van der Waals surface area (Å²) in [7, 11) is 0. The van der Waals surface area contributed by atoms with Gasteiger partial charge in [-0.15, -0.1) is 0 Å². The van der Waals surface area contributed by atoms with Gasteiger partial charge in [0, 0.05) is 18.0 Å². The highest BCUT2D eigenvalue weighted by Gasteiger charge is 2.31. The van der Waals surface area contributed by atoms with Crippen molar-refractivity contribution in [1.29, 1.82) is 0 Å². The van der Waals surface area contributed by atoms with Crippen molar-refractivity contribution in [2.45, 2.75) is 51.7 Å². The highest BCUT2D eigenvalue weighted by Crippen LogP contribution is 2.40. The summed E-state index contributed by atoms with van der Waals surface area (Å²) < 4.78 is 5.81. The molecule has 1 aliphatic heterocycles. The second-order valence-electron chi connectivity index (χ2n) is 5.87. The predicted octanol–water partition coefficient (Wildman–Crippen LogP) is 2.46. The number of carbonyl (C=O) groups excluding carboxylic acids is 1. The third-order valence-electron chi connectivity index (χ3n) is 4.18. The number of fused-ring (bicyclic) bond motifs is 1. The summed E-state index contributed by atoms with van der Waals surface area (Å²) in [6, 6.07) is 5.64. The van der Waals surface area contributed by atoms with Crippen LogP contribution in [0.15, 0.2) is 18.2 Å². The molecule has 20 heavy (non-hydrogen) atoms. The van der Waals surface area contributed by atoms with Crippen LogP contribution in [-0.2, 0) is 0 Å². The molecule has 4 nitrogen and oxygen atoms in total. The summed E-state index contributed by atoms with van der Waals surface area (Å²) >= 11 is 0. The number of rotatable bonds is 4. The SMILES string of the molecule is CCC(C)(O)CNC(=O)c1cccc2c1OC(C)C2C. The van der Waals surface area contributed by atoms with Crippen LogP contribution >= 0.6 is 0 Å². The Balaban J connectivity index is 2.17. The van der Waals surface area contributed by atoms with Crippen molar-refractivity contribution in [3.63, 3.8) is 0 Å².